The first-order valence-corrected chi connectivity index (χ1v) is 0. The van der Waals surface area contributed by atoms with E-state index in [0.717, 1.165) is 0 Å². The first-order chi connectivity index (χ1) is 0. The van der Waals surface area contributed by atoms with Gasteiger partial charge in [-0.05, 0) is 0 Å². The molecule has 0 aromatic carbocycles. The monoisotopic (exact) mass is 240 g/mol. The van der Waals surface area contributed by atoms with Crippen molar-refractivity contribution in [3.63, 3.8) is 0 Å². The Balaban J connectivity index is 0. The molecule has 0 amide bonds. The standard InChI is InChI=1S/Cd.H2S.Si.Zn/h;1H2;;. The number of hydrogen-bond acceptors (Lipinski definition) is 0. The molecule has 0 heterocycles. The molecule has 16 valence electrons. The van der Waals surface area contributed by atoms with Crippen LogP contribution in [0.15, 0.2) is 0 Å². The van der Waals surface area contributed by atoms with Gasteiger partial charge >= 0.3 is 0 Å². The zero-order valence-corrected chi connectivity index (χ0v) is 11.4. The average Bonchev–Trinajstić information content (AvgIpc) is 0. The summed E-state index contributed by atoms with van der Waals surface area (Å²) < 4.78 is 0. The Morgan fingerprint density at radius 3 is 1.00 bits per heavy atom. The molecular weight excluding hydrogens is 238 g/mol. The molecule has 0 nitrogen and oxygen atoms in total. The van der Waals surface area contributed by atoms with Crippen LogP contribution in [0.25, 0.3) is 0 Å². The summed E-state index contributed by atoms with van der Waals surface area (Å²) >= 11 is 0. The molecule has 0 aromatic heterocycles. The van der Waals surface area contributed by atoms with Crippen LogP contribution in [0.5, 0.6) is 0 Å². The van der Waals surface area contributed by atoms with Crippen LogP contribution in [0.3, 0.4) is 0 Å². The molecule has 0 spiro atoms. The summed E-state index contributed by atoms with van der Waals surface area (Å²) in [6, 6.07) is 0. The summed E-state index contributed by atoms with van der Waals surface area (Å²) in [6.07, 6.45) is 0. The third kappa shape index (κ3) is 8.93. The largest absolute Gasteiger partial charge is 0.197 e. The molecule has 0 N–H and O–H groups in total. The summed E-state index contributed by atoms with van der Waals surface area (Å²) in [4.78, 5) is 0. The first kappa shape index (κ1) is 35.8. The second-order valence-corrected chi connectivity index (χ2v) is 0. The fourth-order valence-corrected chi connectivity index (χ4v) is 0. The topological polar surface area (TPSA) is 0 Å². The van der Waals surface area contributed by atoms with Crippen LogP contribution >= 0.6 is 13.5 Å². The molecule has 4 radical (unpaired) electrons. The van der Waals surface area contributed by atoms with Gasteiger partial charge in [0.15, 0.2) is 0 Å². The van der Waals surface area contributed by atoms with Gasteiger partial charge in [-0.25, -0.2) is 0 Å². The SMILES string of the molecule is S.[Cd].[Si].[Zn]. The maximum Gasteiger partial charge on any atom is 0 e. The van der Waals surface area contributed by atoms with Gasteiger partial charge in [0.2, 0.25) is 0 Å². The minimum atomic E-state index is 0. The van der Waals surface area contributed by atoms with Crippen molar-refractivity contribution in [1.82, 2.24) is 0 Å². The van der Waals surface area contributed by atoms with Crippen molar-refractivity contribution in [3.05, 3.63) is 0 Å². The summed E-state index contributed by atoms with van der Waals surface area (Å²) in [5, 5.41) is 0. The quantitative estimate of drug-likeness (QED) is 0.511. The van der Waals surface area contributed by atoms with Crippen molar-refractivity contribution < 1.29 is 46.8 Å². The molecule has 4 heteroatoms. The van der Waals surface area contributed by atoms with E-state index in [0.29, 0.717) is 0 Å². The fourth-order valence-electron chi connectivity index (χ4n) is 0. The van der Waals surface area contributed by atoms with Crippen molar-refractivity contribution in [3.8, 4) is 0 Å². The minimum Gasteiger partial charge on any atom is -0.197 e. The summed E-state index contributed by atoms with van der Waals surface area (Å²) in [5.41, 5.74) is 0. The molecule has 0 saturated heterocycles. The average molecular weight is 240 g/mol. The summed E-state index contributed by atoms with van der Waals surface area (Å²) in [7, 11) is 0. The summed E-state index contributed by atoms with van der Waals surface area (Å²) in [5.74, 6) is 0. The van der Waals surface area contributed by atoms with Gasteiger partial charge in [-0.15, -0.1) is 0 Å². The number of rotatable bonds is 0. The first-order valence-electron chi connectivity index (χ1n) is 0. The van der Waals surface area contributed by atoms with E-state index in [4.69, 9.17) is 0 Å². The van der Waals surface area contributed by atoms with Crippen LogP contribution in [0.4, 0.5) is 0 Å². The Kier molecular flexibility index (Phi) is 173. The molecule has 0 aliphatic heterocycles. The summed E-state index contributed by atoms with van der Waals surface area (Å²) in [6.45, 7) is 0. The minimum absolute atomic E-state index is 0. The van der Waals surface area contributed by atoms with Gasteiger partial charge in [-0.3, -0.25) is 0 Å². The predicted octanol–water partition coefficient (Wildman–Crippen LogP) is -0.273. The Morgan fingerprint density at radius 1 is 1.00 bits per heavy atom. The van der Waals surface area contributed by atoms with Crippen molar-refractivity contribution >= 4 is 24.5 Å². The second kappa shape index (κ2) is 19.4. The smallest absolute Gasteiger partial charge is 0 e. The van der Waals surface area contributed by atoms with E-state index in [1.807, 2.05) is 0 Å². The van der Waals surface area contributed by atoms with E-state index in [9.17, 15) is 0 Å². The normalized spacial score (nSPS) is 0. The molecule has 0 bridgehead atoms. The van der Waals surface area contributed by atoms with Crippen molar-refractivity contribution in [2.75, 3.05) is 0 Å². The van der Waals surface area contributed by atoms with Crippen LogP contribution < -0.4 is 0 Å². The van der Waals surface area contributed by atoms with Crippen LogP contribution in [0.1, 0.15) is 0 Å². The van der Waals surface area contributed by atoms with E-state index in [-0.39, 0.29) is 71.2 Å². The van der Waals surface area contributed by atoms with Gasteiger partial charge in [0.1, 0.15) is 0 Å². The molecular formula is H2CdSSiZn. The van der Waals surface area contributed by atoms with Crippen LogP contribution in [0.2, 0.25) is 0 Å². The molecule has 0 saturated carbocycles. The van der Waals surface area contributed by atoms with Crippen molar-refractivity contribution in [2.45, 2.75) is 0 Å². The van der Waals surface area contributed by atoms with Crippen molar-refractivity contribution in [1.29, 1.82) is 0 Å². The third-order valence-electron chi connectivity index (χ3n) is 0. The maximum atomic E-state index is 0. The Bertz CT molecular complexity index is 8.00. The molecule has 0 aliphatic rings. The third-order valence-corrected chi connectivity index (χ3v) is 0. The van der Waals surface area contributed by atoms with Gasteiger partial charge in [0.05, 0.1) is 0 Å². The zero-order valence-electron chi connectivity index (χ0n) is 2.41. The van der Waals surface area contributed by atoms with E-state index in [2.05, 4.69) is 0 Å². The molecule has 4 heavy (non-hydrogen) atoms. The van der Waals surface area contributed by atoms with E-state index < -0.39 is 0 Å². The molecule has 0 aromatic rings. The van der Waals surface area contributed by atoms with Gasteiger partial charge in [-0.2, -0.15) is 13.5 Å². The Labute approximate surface area is 70.5 Å². The molecule has 0 atom stereocenters. The van der Waals surface area contributed by atoms with E-state index in [1.165, 1.54) is 0 Å². The molecule has 0 fully saturated rings. The second-order valence-electron chi connectivity index (χ2n) is 0. The fraction of sp³-hybridized carbons (Fsp3) is 0. The number of hydrogen-bond donors (Lipinski definition) is 0. The van der Waals surface area contributed by atoms with Gasteiger partial charge in [-0.1, -0.05) is 0 Å². The van der Waals surface area contributed by atoms with Crippen LogP contribution in [0, 0.1) is 0 Å². The Hall–Kier alpha value is 2.11. The maximum absolute atomic E-state index is 0. The van der Waals surface area contributed by atoms with E-state index >= 15 is 0 Å². The Morgan fingerprint density at radius 2 is 1.00 bits per heavy atom. The van der Waals surface area contributed by atoms with Gasteiger partial charge < -0.3 is 0 Å². The van der Waals surface area contributed by atoms with Gasteiger partial charge in [0.25, 0.3) is 0 Å². The van der Waals surface area contributed by atoms with Crippen LogP contribution in [-0.2, 0) is 46.8 Å². The molecule has 0 rings (SSSR count). The molecule has 0 unspecified atom stereocenters. The van der Waals surface area contributed by atoms with E-state index in [1.54, 1.807) is 0 Å². The molecule has 0 aliphatic carbocycles. The van der Waals surface area contributed by atoms with Crippen LogP contribution in [-0.4, -0.2) is 11.0 Å². The zero-order chi connectivity index (χ0) is 0. The van der Waals surface area contributed by atoms with Gasteiger partial charge in [0, 0.05) is 57.7 Å². The predicted molar refractivity (Wildman–Crippen MR) is 16.1 cm³/mol. The van der Waals surface area contributed by atoms with Crippen molar-refractivity contribution in [2.24, 2.45) is 0 Å².